The molecule has 2 aromatic carbocycles. The number of aryl methyl sites for hydroxylation is 1. The van der Waals surface area contributed by atoms with E-state index in [1.54, 1.807) is 12.1 Å². The minimum atomic E-state index is -0.293. The van der Waals surface area contributed by atoms with Gasteiger partial charge in [0.2, 0.25) is 0 Å². The summed E-state index contributed by atoms with van der Waals surface area (Å²) in [6.07, 6.45) is 4.11. The molecule has 1 fully saturated rings. The van der Waals surface area contributed by atoms with E-state index in [1.807, 2.05) is 36.4 Å². The number of hydrogen-bond acceptors (Lipinski definition) is 4. The summed E-state index contributed by atoms with van der Waals surface area (Å²) in [5.74, 6) is -0.293. The number of carbonyl (C=O) groups excluding carboxylic acids is 1. The van der Waals surface area contributed by atoms with Crippen molar-refractivity contribution in [3.63, 3.8) is 0 Å². The summed E-state index contributed by atoms with van der Waals surface area (Å²) in [5, 5.41) is 8.59. The first-order valence-electron chi connectivity index (χ1n) is 10.3. The van der Waals surface area contributed by atoms with E-state index in [2.05, 4.69) is 22.2 Å². The number of unbranched alkanes of at least 4 members (excludes halogenated alkanes) is 1. The quantitative estimate of drug-likeness (QED) is 0.690. The van der Waals surface area contributed by atoms with Crippen LogP contribution < -0.4 is 15.8 Å². The predicted molar refractivity (Wildman–Crippen MR) is 117 cm³/mol. The molecule has 0 aliphatic carbocycles. The van der Waals surface area contributed by atoms with E-state index < -0.39 is 0 Å². The number of nitrogens with one attached hydrogen (secondary N) is 1. The molecule has 1 N–H and O–H groups in total. The molecule has 3 aromatic rings. The number of nitrogens with zero attached hydrogens (tertiary/aromatic N) is 3. The Hall–Kier alpha value is -3.15. The normalized spacial score (nSPS) is 13.8. The molecule has 0 bridgehead atoms. The summed E-state index contributed by atoms with van der Waals surface area (Å²) in [6.45, 7) is 4.56. The molecule has 1 aliphatic heterocycles. The third-order valence-corrected chi connectivity index (χ3v) is 5.41. The number of amides is 1. The molecule has 1 saturated heterocycles. The van der Waals surface area contributed by atoms with E-state index in [0.717, 1.165) is 50.1 Å². The fourth-order valence-electron chi connectivity index (χ4n) is 3.86. The fraction of sp³-hybridized carbons (Fsp3) is 0.348. The fourth-order valence-corrected chi connectivity index (χ4v) is 3.86. The Balaban J connectivity index is 1.72. The van der Waals surface area contributed by atoms with Crippen molar-refractivity contribution in [2.45, 2.75) is 39.2 Å². The summed E-state index contributed by atoms with van der Waals surface area (Å²) in [4.78, 5) is 28.3. The van der Waals surface area contributed by atoms with Gasteiger partial charge in [-0.15, -0.1) is 0 Å². The number of aromatic nitrogens is 2. The summed E-state index contributed by atoms with van der Waals surface area (Å²) >= 11 is 0. The molecule has 1 aromatic heterocycles. The lowest BCUT2D eigenvalue weighted by atomic mass is 10.1. The highest BCUT2D eigenvalue weighted by Gasteiger charge is 2.20. The zero-order chi connectivity index (χ0) is 20.2. The lowest BCUT2D eigenvalue weighted by Crippen LogP contribution is -2.28. The molecule has 29 heavy (non-hydrogen) atoms. The number of hydrogen-bond donors (Lipinski definition) is 1. The second-order valence-corrected chi connectivity index (χ2v) is 7.44. The number of carbonyl (C=O) groups is 1. The summed E-state index contributed by atoms with van der Waals surface area (Å²) in [7, 11) is 0. The SMILES string of the molecule is CCCCn1nc(C(=O)Nc2ccccc2N2CCCC2)c2ccccc2c1=O. The first-order valence-corrected chi connectivity index (χ1v) is 10.3. The van der Waals surface area contributed by atoms with Gasteiger partial charge in [0.1, 0.15) is 0 Å². The molecule has 0 saturated carbocycles. The van der Waals surface area contributed by atoms with Crippen molar-refractivity contribution in [3.05, 3.63) is 64.6 Å². The Morgan fingerprint density at radius 2 is 1.72 bits per heavy atom. The van der Waals surface area contributed by atoms with Gasteiger partial charge in [0.25, 0.3) is 11.5 Å². The van der Waals surface area contributed by atoms with Crippen molar-refractivity contribution < 1.29 is 4.79 Å². The number of fused-ring (bicyclic) bond motifs is 1. The topological polar surface area (TPSA) is 67.2 Å². The molecule has 6 heteroatoms. The van der Waals surface area contributed by atoms with Gasteiger partial charge >= 0.3 is 0 Å². The van der Waals surface area contributed by atoms with Crippen LogP contribution in [-0.4, -0.2) is 28.8 Å². The van der Waals surface area contributed by atoms with Gasteiger partial charge in [0, 0.05) is 25.0 Å². The van der Waals surface area contributed by atoms with E-state index in [9.17, 15) is 9.59 Å². The van der Waals surface area contributed by atoms with Gasteiger partial charge in [-0.25, -0.2) is 4.68 Å². The van der Waals surface area contributed by atoms with Crippen molar-refractivity contribution in [2.75, 3.05) is 23.3 Å². The molecule has 0 radical (unpaired) electrons. The van der Waals surface area contributed by atoms with Crippen LogP contribution in [0.25, 0.3) is 10.8 Å². The van der Waals surface area contributed by atoms with Crippen LogP contribution in [0, 0.1) is 0 Å². The molecule has 0 atom stereocenters. The first-order chi connectivity index (χ1) is 14.2. The van der Waals surface area contributed by atoms with Gasteiger partial charge in [-0.05, 0) is 37.5 Å². The van der Waals surface area contributed by atoms with Crippen molar-refractivity contribution in [2.24, 2.45) is 0 Å². The van der Waals surface area contributed by atoms with Crippen LogP contribution in [-0.2, 0) is 6.54 Å². The molecule has 150 valence electrons. The number of benzene rings is 2. The lowest BCUT2D eigenvalue weighted by Gasteiger charge is -2.21. The number of para-hydroxylation sites is 2. The van der Waals surface area contributed by atoms with Gasteiger partial charge < -0.3 is 10.2 Å². The van der Waals surface area contributed by atoms with Crippen LogP contribution in [0.4, 0.5) is 11.4 Å². The molecule has 2 heterocycles. The van der Waals surface area contributed by atoms with Crippen LogP contribution in [0.15, 0.2) is 53.3 Å². The van der Waals surface area contributed by atoms with Crippen LogP contribution in [0.1, 0.15) is 43.1 Å². The molecule has 0 spiro atoms. The van der Waals surface area contributed by atoms with Gasteiger partial charge in [-0.3, -0.25) is 9.59 Å². The zero-order valence-electron chi connectivity index (χ0n) is 16.7. The second kappa shape index (κ2) is 8.47. The van der Waals surface area contributed by atoms with Gasteiger partial charge in [-0.2, -0.15) is 5.10 Å². The molecule has 1 amide bonds. The minimum absolute atomic E-state index is 0.150. The smallest absolute Gasteiger partial charge is 0.276 e. The Kier molecular flexibility index (Phi) is 5.60. The predicted octanol–water partition coefficient (Wildman–Crippen LogP) is 4.05. The maximum absolute atomic E-state index is 13.2. The third kappa shape index (κ3) is 3.88. The van der Waals surface area contributed by atoms with Crippen molar-refractivity contribution in [1.29, 1.82) is 0 Å². The lowest BCUT2D eigenvalue weighted by molar-refractivity contribution is 0.102. The van der Waals surface area contributed by atoms with Gasteiger partial charge in [0.15, 0.2) is 5.69 Å². The van der Waals surface area contributed by atoms with E-state index in [-0.39, 0.29) is 17.2 Å². The highest BCUT2D eigenvalue weighted by Crippen LogP contribution is 2.29. The summed E-state index contributed by atoms with van der Waals surface area (Å²) in [6, 6.07) is 15.1. The standard InChI is InChI=1S/C23H26N4O2/c1-2-3-16-27-23(29)18-11-5-4-10-17(18)21(25-27)22(28)24-19-12-6-7-13-20(19)26-14-8-9-15-26/h4-7,10-13H,2-3,8-9,14-16H2,1H3,(H,24,28). The maximum Gasteiger partial charge on any atom is 0.276 e. The van der Waals surface area contributed by atoms with E-state index in [4.69, 9.17) is 0 Å². The van der Waals surface area contributed by atoms with E-state index in [0.29, 0.717) is 17.3 Å². The molecular formula is C23H26N4O2. The van der Waals surface area contributed by atoms with E-state index >= 15 is 0 Å². The third-order valence-electron chi connectivity index (χ3n) is 5.41. The average Bonchev–Trinajstić information content (AvgIpc) is 3.28. The summed E-state index contributed by atoms with van der Waals surface area (Å²) in [5.41, 5.74) is 1.94. The second-order valence-electron chi connectivity index (χ2n) is 7.44. The van der Waals surface area contributed by atoms with Gasteiger partial charge in [-0.1, -0.05) is 43.7 Å². The van der Waals surface area contributed by atoms with Crippen LogP contribution in [0.2, 0.25) is 0 Å². The largest absolute Gasteiger partial charge is 0.370 e. The minimum Gasteiger partial charge on any atom is -0.370 e. The molecule has 4 rings (SSSR count). The molecular weight excluding hydrogens is 364 g/mol. The van der Waals surface area contributed by atoms with Crippen LogP contribution in [0.5, 0.6) is 0 Å². The Bertz CT molecular complexity index is 1080. The van der Waals surface area contributed by atoms with Crippen molar-refractivity contribution in [3.8, 4) is 0 Å². The maximum atomic E-state index is 13.2. The molecule has 1 aliphatic rings. The Morgan fingerprint density at radius 3 is 2.48 bits per heavy atom. The van der Waals surface area contributed by atoms with Crippen LogP contribution >= 0.6 is 0 Å². The summed E-state index contributed by atoms with van der Waals surface area (Å²) < 4.78 is 1.42. The number of anilines is 2. The average molecular weight is 390 g/mol. The molecule has 0 unspecified atom stereocenters. The zero-order valence-corrected chi connectivity index (χ0v) is 16.7. The highest BCUT2D eigenvalue weighted by atomic mass is 16.2. The van der Waals surface area contributed by atoms with Crippen molar-refractivity contribution >= 4 is 28.1 Å². The van der Waals surface area contributed by atoms with Crippen molar-refractivity contribution in [1.82, 2.24) is 9.78 Å². The number of rotatable bonds is 6. The Labute approximate surface area is 170 Å². The first kappa shape index (κ1) is 19.2. The molecule has 6 nitrogen and oxygen atoms in total. The monoisotopic (exact) mass is 390 g/mol. The van der Waals surface area contributed by atoms with Crippen LogP contribution in [0.3, 0.4) is 0 Å². The highest BCUT2D eigenvalue weighted by molar-refractivity contribution is 6.12. The van der Waals surface area contributed by atoms with E-state index in [1.165, 1.54) is 4.68 Å². The Morgan fingerprint density at radius 1 is 1.03 bits per heavy atom. The van der Waals surface area contributed by atoms with Gasteiger partial charge in [0.05, 0.1) is 16.8 Å².